The highest BCUT2D eigenvalue weighted by Gasteiger charge is 2.23. The number of benzene rings is 2. The molecule has 0 bridgehead atoms. The Morgan fingerprint density at radius 1 is 1.00 bits per heavy atom. The van der Waals surface area contributed by atoms with Gasteiger partial charge in [0.1, 0.15) is 17.2 Å². The van der Waals surface area contributed by atoms with Gasteiger partial charge < -0.3 is 14.8 Å². The monoisotopic (exact) mass is 298 g/mol. The number of fused-ring (bicyclic) bond motifs is 1. The van der Waals surface area contributed by atoms with Crippen LogP contribution in [0.25, 0.3) is 16.8 Å². The fraction of sp³-hybridized carbons (Fsp3) is 0.125. The predicted octanol–water partition coefficient (Wildman–Crippen LogP) is 2.04. The Balaban J connectivity index is 2.23. The normalized spacial score (nSPS) is 15.8. The summed E-state index contributed by atoms with van der Waals surface area (Å²) in [6.07, 6.45) is 1.60. The lowest BCUT2D eigenvalue weighted by atomic mass is 10.0. The van der Waals surface area contributed by atoms with Crippen molar-refractivity contribution in [2.75, 3.05) is 14.2 Å². The van der Waals surface area contributed by atoms with E-state index >= 15 is 0 Å². The third kappa shape index (κ3) is 2.35. The number of rotatable bonds is 3. The lowest BCUT2D eigenvalue weighted by molar-refractivity contribution is -0.115. The number of amides is 3. The highest BCUT2D eigenvalue weighted by atomic mass is 16.5. The highest BCUT2D eigenvalue weighted by molar-refractivity contribution is 6.15. The van der Waals surface area contributed by atoms with Crippen molar-refractivity contribution in [3.8, 4) is 11.5 Å². The van der Waals surface area contributed by atoms with Crippen LogP contribution in [0.15, 0.2) is 36.0 Å². The Morgan fingerprint density at radius 3 is 2.41 bits per heavy atom. The first-order chi connectivity index (χ1) is 10.6. The molecule has 2 aromatic rings. The van der Waals surface area contributed by atoms with Crippen LogP contribution >= 0.6 is 0 Å². The van der Waals surface area contributed by atoms with E-state index in [1.54, 1.807) is 20.3 Å². The molecule has 0 aliphatic carbocycles. The van der Waals surface area contributed by atoms with Gasteiger partial charge in [-0.3, -0.25) is 10.1 Å². The molecule has 22 heavy (non-hydrogen) atoms. The molecule has 1 aliphatic heterocycles. The number of hydrogen-bond donors (Lipinski definition) is 2. The molecule has 6 heteroatoms. The second kappa shape index (κ2) is 5.40. The van der Waals surface area contributed by atoms with Crippen molar-refractivity contribution in [1.29, 1.82) is 0 Å². The van der Waals surface area contributed by atoms with Gasteiger partial charge in [-0.25, -0.2) is 4.79 Å². The van der Waals surface area contributed by atoms with Crippen molar-refractivity contribution in [2.24, 2.45) is 0 Å². The van der Waals surface area contributed by atoms with E-state index in [1.165, 1.54) is 0 Å². The third-order valence-corrected chi connectivity index (χ3v) is 3.46. The molecule has 0 spiro atoms. The molecular formula is C16H14N2O4. The fourth-order valence-electron chi connectivity index (χ4n) is 2.38. The lowest BCUT2D eigenvalue weighted by Crippen LogP contribution is -2.22. The van der Waals surface area contributed by atoms with Crippen LogP contribution in [0.3, 0.4) is 0 Å². The molecule has 3 rings (SSSR count). The Hall–Kier alpha value is -3.02. The molecule has 0 saturated carbocycles. The van der Waals surface area contributed by atoms with Crippen LogP contribution < -0.4 is 20.1 Å². The van der Waals surface area contributed by atoms with Crippen molar-refractivity contribution in [1.82, 2.24) is 10.6 Å². The minimum atomic E-state index is -0.534. The molecule has 0 radical (unpaired) electrons. The maximum absolute atomic E-state index is 11.7. The molecule has 3 amide bonds. The molecule has 2 aromatic carbocycles. The highest BCUT2D eigenvalue weighted by Crippen LogP contribution is 2.32. The Bertz CT molecular complexity index is 806. The van der Waals surface area contributed by atoms with Gasteiger partial charge in [0.2, 0.25) is 0 Å². The Labute approximate surface area is 126 Å². The van der Waals surface area contributed by atoms with Gasteiger partial charge in [0.25, 0.3) is 5.91 Å². The van der Waals surface area contributed by atoms with Crippen LogP contribution in [-0.2, 0) is 4.79 Å². The molecule has 6 nitrogen and oxygen atoms in total. The topological polar surface area (TPSA) is 76.7 Å². The van der Waals surface area contributed by atoms with Gasteiger partial charge in [-0.1, -0.05) is 12.1 Å². The summed E-state index contributed by atoms with van der Waals surface area (Å²) in [4.78, 5) is 23.0. The average Bonchev–Trinajstić information content (AvgIpc) is 2.84. The lowest BCUT2D eigenvalue weighted by Gasteiger charge is -2.11. The summed E-state index contributed by atoms with van der Waals surface area (Å²) >= 11 is 0. The zero-order valence-corrected chi connectivity index (χ0v) is 12.1. The van der Waals surface area contributed by atoms with Gasteiger partial charge in [-0.05, 0) is 35.0 Å². The van der Waals surface area contributed by atoms with Crippen LogP contribution in [0, 0.1) is 0 Å². The van der Waals surface area contributed by atoms with Crippen molar-refractivity contribution < 1.29 is 19.1 Å². The quantitative estimate of drug-likeness (QED) is 0.671. The SMILES string of the molecule is COc1ccc2ccc(OC)c(C=C3NC(=O)NC3=O)c2c1. The first-order valence-electron chi connectivity index (χ1n) is 6.61. The number of hydrogen-bond acceptors (Lipinski definition) is 4. The summed E-state index contributed by atoms with van der Waals surface area (Å²) in [5, 5.41) is 6.48. The number of imide groups is 1. The van der Waals surface area contributed by atoms with Gasteiger partial charge in [0.15, 0.2) is 0 Å². The van der Waals surface area contributed by atoms with Gasteiger partial charge in [-0.15, -0.1) is 0 Å². The number of methoxy groups -OCH3 is 2. The second-order valence-corrected chi connectivity index (χ2v) is 4.73. The van der Waals surface area contributed by atoms with Crippen LogP contribution in [0.1, 0.15) is 5.56 Å². The zero-order chi connectivity index (χ0) is 15.7. The zero-order valence-electron chi connectivity index (χ0n) is 12.1. The smallest absolute Gasteiger partial charge is 0.326 e. The summed E-state index contributed by atoms with van der Waals surface area (Å²) in [6, 6.07) is 8.84. The molecule has 112 valence electrons. The number of ether oxygens (including phenoxy) is 2. The first-order valence-corrected chi connectivity index (χ1v) is 6.61. The Morgan fingerprint density at radius 2 is 1.77 bits per heavy atom. The molecule has 0 atom stereocenters. The van der Waals surface area contributed by atoms with E-state index in [9.17, 15) is 9.59 Å². The summed E-state index contributed by atoms with van der Waals surface area (Å²) in [7, 11) is 3.14. The first kappa shape index (κ1) is 13.9. The van der Waals surface area contributed by atoms with Crippen LogP contribution in [0.4, 0.5) is 4.79 Å². The molecule has 2 N–H and O–H groups in total. The number of urea groups is 1. The van der Waals surface area contributed by atoms with Crippen molar-refractivity contribution >= 4 is 28.8 Å². The van der Waals surface area contributed by atoms with E-state index in [-0.39, 0.29) is 5.70 Å². The van der Waals surface area contributed by atoms with Gasteiger partial charge in [-0.2, -0.15) is 0 Å². The van der Waals surface area contributed by atoms with Crippen molar-refractivity contribution in [2.45, 2.75) is 0 Å². The van der Waals surface area contributed by atoms with E-state index in [0.717, 1.165) is 10.8 Å². The molecule has 1 aliphatic rings. The minimum Gasteiger partial charge on any atom is -0.497 e. The van der Waals surface area contributed by atoms with Gasteiger partial charge in [0.05, 0.1) is 14.2 Å². The van der Waals surface area contributed by atoms with Gasteiger partial charge >= 0.3 is 6.03 Å². The summed E-state index contributed by atoms with van der Waals surface area (Å²) in [5.74, 6) is 0.828. The van der Waals surface area contributed by atoms with E-state index in [4.69, 9.17) is 9.47 Å². The van der Waals surface area contributed by atoms with E-state index < -0.39 is 11.9 Å². The Kier molecular flexibility index (Phi) is 3.42. The van der Waals surface area contributed by atoms with Gasteiger partial charge in [0, 0.05) is 5.56 Å². The molecule has 1 heterocycles. The largest absolute Gasteiger partial charge is 0.497 e. The third-order valence-electron chi connectivity index (χ3n) is 3.46. The summed E-state index contributed by atoms with van der Waals surface area (Å²) < 4.78 is 10.6. The molecular weight excluding hydrogens is 284 g/mol. The molecule has 0 aromatic heterocycles. The molecule has 1 fully saturated rings. The van der Waals surface area contributed by atoms with Crippen LogP contribution in [-0.4, -0.2) is 26.2 Å². The summed E-state index contributed by atoms with van der Waals surface area (Å²) in [6.45, 7) is 0. The standard InChI is InChI=1S/C16H14N2O4/c1-21-10-5-3-9-4-6-14(22-2)12(11(9)7-10)8-13-15(19)18-16(20)17-13/h3-8H,1-2H3,(H2,17,18,19,20). The minimum absolute atomic E-state index is 0.179. The van der Waals surface area contributed by atoms with Crippen molar-refractivity contribution in [3.05, 3.63) is 41.6 Å². The van der Waals surface area contributed by atoms with E-state index in [0.29, 0.717) is 17.1 Å². The second-order valence-electron chi connectivity index (χ2n) is 4.73. The van der Waals surface area contributed by atoms with Crippen LogP contribution in [0.5, 0.6) is 11.5 Å². The van der Waals surface area contributed by atoms with E-state index in [1.807, 2.05) is 30.3 Å². The fourth-order valence-corrected chi connectivity index (χ4v) is 2.38. The molecule has 1 saturated heterocycles. The average molecular weight is 298 g/mol. The predicted molar refractivity (Wildman–Crippen MR) is 81.7 cm³/mol. The summed E-state index contributed by atoms with van der Waals surface area (Å²) in [5.41, 5.74) is 0.880. The van der Waals surface area contributed by atoms with E-state index in [2.05, 4.69) is 10.6 Å². The molecule has 0 unspecified atom stereocenters. The maximum atomic E-state index is 11.7. The maximum Gasteiger partial charge on any atom is 0.326 e. The van der Waals surface area contributed by atoms with Crippen molar-refractivity contribution in [3.63, 3.8) is 0 Å². The number of carbonyl (C=O) groups excluding carboxylic acids is 2. The number of carbonyl (C=O) groups is 2. The van der Waals surface area contributed by atoms with Crippen LogP contribution in [0.2, 0.25) is 0 Å². The number of nitrogens with one attached hydrogen (secondary N) is 2.